The first-order valence-electron chi connectivity index (χ1n) is 4.36. The molecule has 0 saturated heterocycles. The van der Waals surface area contributed by atoms with E-state index in [-0.39, 0.29) is 34.3 Å². The number of hydrogen-bond acceptors (Lipinski definition) is 4. The maximum Gasteiger partial charge on any atom is 0.323 e. The van der Waals surface area contributed by atoms with Gasteiger partial charge in [-0.2, -0.15) is 0 Å². The molecule has 106 valence electrons. The molecule has 1 aromatic carbocycles. The van der Waals surface area contributed by atoms with Gasteiger partial charge in [-0.3, -0.25) is 4.79 Å². The van der Waals surface area contributed by atoms with E-state index in [9.17, 15) is 9.90 Å². The van der Waals surface area contributed by atoms with Crippen molar-refractivity contribution in [2.24, 2.45) is 5.73 Å². The average Bonchev–Trinajstić information content (AvgIpc) is 2.10. The summed E-state index contributed by atoms with van der Waals surface area (Å²) in [7, 11) is 0. The molecule has 0 aliphatic heterocycles. The van der Waals surface area contributed by atoms with Gasteiger partial charge in [0.05, 0.1) is 0 Å². The van der Waals surface area contributed by atoms with E-state index < -0.39 is 11.5 Å². The summed E-state index contributed by atoms with van der Waals surface area (Å²) in [6, 6.07) is 4.11. The first-order valence-corrected chi connectivity index (χ1v) is 4.36. The van der Waals surface area contributed by atoms with Crippen molar-refractivity contribution in [1.82, 2.24) is 0 Å². The van der Waals surface area contributed by atoms with Crippen LogP contribution in [0.15, 0.2) is 18.2 Å². The van der Waals surface area contributed by atoms with Crippen LogP contribution in [0.3, 0.4) is 0 Å². The number of phenols is 2. The summed E-state index contributed by atoms with van der Waals surface area (Å²) in [5, 5.41) is 27.0. The molecule has 0 spiro atoms. The second-order valence-corrected chi connectivity index (χ2v) is 3.72. The van der Waals surface area contributed by atoms with E-state index in [0.717, 1.165) is 0 Å². The zero-order valence-corrected chi connectivity index (χ0v) is 9.77. The van der Waals surface area contributed by atoms with Crippen LogP contribution in [-0.4, -0.2) is 43.3 Å². The zero-order valence-electron chi connectivity index (χ0n) is 9.77. The standard InChI is InChI=1S/C10H13NO4.3H2O/c1-10(11,9(14)15)5-6-2-3-7(12)8(13)4-6;;;/h2-4,12-13H,5,11H2,1H3,(H,14,15);3*1H2/t10-;;;/m0.../s1. The number of carboxylic acids is 1. The van der Waals surface area contributed by atoms with E-state index in [1.807, 2.05) is 0 Å². The summed E-state index contributed by atoms with van der Waals surface area (Å²) in [4.78, 5) is 10.7. The Morgan fingerprint density at radius 1 is 1.22 bits per heavy atom. The molecule has 0 radical (unpaired) electrons. The highest BCUT2D eigenvalue weighted by Gasteiger charge is 2.28. The number of hydrogen-bond donors (Lipinski definition) is 4. The van der Waals surface area contributed by atoms with Crippen LogP contribution in [-0.2, 0) is 11.2 Å². The number of aromatic hydroxyl groups is 2. The largest absolute Gasteiger partial charge is 0.504 e. The van der Waals surface area contributed by atoms with Crippen molar-refractivity contribution in [1.29, 1.82) is 0 Å². The summed E-state index contributed by atoms with van der Waals surface area (Å²) in [6.07, 6.45) is 0.0795. The molecule has 8 heteroatoms. The van der Waals surface area contributed by atoms with Gasteiger partial charge in [-0.25, -0.2) is 0 Å². The Balaban J connectivity index is -0.000000750. The van der Waals surface area contributed by atoms with Gasteiger partial charge in [-0.15, -0.1) is 0 Å². The molecule has 0 saturated carbocycles. The van der Waals surface area contributed by atoms with Crippen LogP contribution < -0.4 is 5.73 Å². The highest BCUT2D eigenvalue weighted by molar-refractivity contribution is 5.78. The Morgan fingerprint density at radius 3 is 2.11 bits per heavy atom. The van der Waals surface area contributed by atoms with Crippen LogP contribution in [0, 0.1) is 0 Å². The first-order chi connectivity index (χ1) is 6.83. The van der Waals surface area contributed by atoms with Gasteiger partial charge >= 0.3 is 5.97 Å². The summed E-state index contributed by atoms with van der Waals surface area (Å²) < 4.78 is 0. The van der Waals surface area contributed by atoms with Crippen LogP contribution in [0.25, 0.3) is 0 Å². The van der Waals surface area contributed by atoms with E-state index in [2.05, 4.69) is 0 Å². The minimum Gasteiger partial charge on any atom is -0.504 e. The normalized spacial score (nSPS) is 12.1. The third-order valence-electron chi connectivity index (χ3n) is 2.10. The molecule has 0 aromatic heterocycles. The number of carbonyl (C=O) groups is 1. The molecule has 1 atom stereocenters. The van der Waals surface area contributed by atoms with Gasteiger partial charge in [0.1, 0.15) is 5.54 Å². The van der Waals surface area contributed by atoms with E-state index in [0.29, 0.717) is 5.56 Å². The van der Waals surface area contributed by atoms with Crippen molar-refractivity contribution in [3.05, 3.63) is 23.8 Å². The Morgan fingerprint density at radius 2 is 1.72 bits per heavy atom. The van der Waals surface area contributed by atoms with E-state index in [1.54, 1.807) is 0 Å². The van der Waals surface area contributed by atoms with Crippen molar-refractivity contribution in [2.45, 2.75) is 18.9 Å². The lowest BCUT2D eigenvalue weighted by molar-refractivity contribution is -0.142. The number of aliphatic carboxylic acids is 1. The highest BCUT2D eigenvalue weighted by atomic mass is 16.4. The first kappa shape index (κ1) is 21.4. The lowest BCUT2D eigenvalue weighted by Gasteiger charge is -2.19. The van der Waals surface area contributed by atoms with E-state index >= 15 is 0 Å². The molecule has 0 aliphatic carbocycles. The monoisotopic (exact) mass is 265 g/mol. The topological polar surface area (TPSA) is 198 Å². The van der Waals surface area contributed by atoms with Crippen molar-refractivity contribution in [3.63, 3.8) is 0 Å². The zero-order chi connectivity index (χ0) is 11.6. The number of nitrogens with two attached hydrogens (primary N) is 1. The minimum absolute atomic E-state index is 0. The summed E-state index contributed by atoms with van der Waals surface area (Å²) in [6.45, 7) is 1.39. The molecule has 8 nitrogen and oxygen atoms in total. The SMILES string of the molecule is C[C@](N)(Cc1ccc(O)c(O)c1)C(=O)O.O.O.O. The number of rotatable bonds is 3. The Labute approximate surface area is 103 Å². The maximum absolute atomic E-state index is 10.7. The summed E-state index contributed by atoms with van der Waals surface area (Å²) in [5.41, 5.74) is 4.70. The Kier molecular flexibility index (Phi) is 8.87. The highest BCUT2D eigenvalue weighted by Crippen LogP contribution is 2.26. The molecule has 1 rings (SSSR count). The van der Waals surface area contributed by atoms with Crippen LogP contribution >= 0.6 is 0 Å². The fraction of sp³-hybridized carbons (Fsp3) is 0.300. The quantitative estimate of drug-likeness (QED) is 0.455. The van der Waals surface area contributed by atoms with Gasteiger partial charge in [0.25, 0.3) is 0 Å². The molecule has 0 fully saturated rings. The van der Waals surface area contributed by atoms with Crippen LogP contribution in [0.1, 0.15) is 12.5 Å². The average molecular weight is 265 g/mol. The third kappa shape index (κ3) is 4.97. The predicted molar refractivity (Wildman–Crippen MR) is 64.5 cm³/mol. The Bertz CT molecular complexity index is 392. The fourth-order valence-corrected chi connectivity index (χ4v) is 1.18. The van der Waals surface area contributed by atoms with Gasteiger partial charge in [0, 0.05) is 6.42 Å². The van der Waals surface area contributed by atoms with Crippen molar-refractivity contribution in [2.75, 3.05) is 0 Å². The molecule has 0 bridgehead atoms. The lowest BCUT2D eigenvalue weighted by Crippen LogP contribution is -2.46. The summed E-state index contributed by atoms with van der Waals surface area (Å²) in [5.74, 6) is -1.64. The van der Waals surface area contributed by atoms with Crippen LogP contribution in [0.4, 0.5) is 0 Å². The lowest BCUT2D eigenvalue weighted by atomic mass is 9.94. The minimum atomic E-state index is -1.39. The smallest absolute Gasteiger partial charge is 0.323 e. The second-order valence-electron chi connectivity index (χ2n) is 3.72. The van der Waals surface area contributed by atoms with Crippen molar-refractivity contribution < 1.29 is 36.5 Å². The second kappa shape index (κ2) is 7.45. The molecule has 0 unspecified atom stereocenters. The molecule has 0 amide bonds. The summed E-state index contributed by atoms with van der Waals surface area (Å²) >= 11 is 0. The molecule has 18 heavy (non-hydrogen) atoms. The van der Waals surface area contributed by atoms with E-state index in [1.165, 1.54) is 25.1 Å². The van der Waals surface area contributed by atoms with Crippen molar-refractivity contribution in [3.8, 4) is 11.5 Å². The third-order valence-corrected chi connectivity index (χ3v) is 2.10. The van der Waals surface area contributed by atoms with Crippen LogP contribution in [0.2, 0.25) is 0 Å². The van der Waals surface area contributed by atoms with E-state index in [4.69, 9.17) is 15.9 Å². The van der Waals surface area contributed by atoms with Gasteiger partial charge in [-0.1, -0.05) is 6.07 Å². The predicted octanol–water partition coefficient (Wildman–Crippen LogP) is -2.03. The number of benzene rings is 1. The van der Waals surface area contributed by atoms with Gasteiger partial charge in [-0.05, 0) is 24.6 Å². The fourth-order valence-electron chi connectivity index (χ4n) is 1.18. The molecular formula is C10H19NO7. The Hall–Kier alpha value is -1.87. The van der Waals surface area contributed by atoms with Gasteiger partial charge in [0.15, 0.2) is 11.5 Å². The number of phenolic OH excluding ortho intramolecular Hbond substituents is 2. The molecular weight excluding hydrogens is 246 g/mol. The van der Waals surface area contributed by atoms with Gasteiger partial charge in [0.2, 0.25) is 0 Å². The van der Waals surface area contributed by atoms with Crippen LogP contribution in [0.5, 0.6) is 11.5 Å². The van der Waals surface area contributed by atoms with Crippen molar-refractivity contribution >= 4 is 5.97 Å². The van der Waals surface area contributed by atoms with Gasteiger partial charge < -0.3 is 37.5 Å². The molecule has 11 N–H and O–H groups in total. The molecule has 0 heterocycles. The molecule has 1 aromatic rings. The molecule has 0 aliphatic rings. The number of carboxylic acid groups (broad SMARTS) is 1. The maximum atomic E-state index is 10.7.